The molecule has 1 heterocycles. The Morgan fingerprint density at radius 2 is 2.00 bits per heavy atom. The zero-order valence-electron chi connectivity index (χ0n) is 12.2. The predicted molar refractivity (Wildman–Crippen MR) is 81.7 cm³/mol. The third kappa shape index (κ3) is 3.43. The lowest BCUT2D eigenvalue weighted by Crippen LogP contribution is -2.06. The molecule has 0 N–H and O–H groups in total. The summed E-state index contributed by atoms with van der Waals surface area (Å²) in [5.41, 5.74) is 1.95. The zero-order chi connectivity index (χ0) is 16.2. The minimum absolute atomic E-state index is 0.275. The minimum Gasteiger partial charge on any atom is -0.330 e. The average molecular weight is 309 g/mol. The molecule has 0 bridgehead atoms. The smallest absolute Gasteiger partial charge is 0.129 e. The first-order chi connectivity index (χ1) is 11.2. The lowest BCUT2D eigenvalue weighted by Gasteiger charge is -2.09. The van der Waals surface area contributed by atoms with Crippen LogP contribution in [0.1, 0.15) is 22.5 Å². The van der Waals surface area contributed by atoms with Gasteiger partial charge in [0.1, 0.15) is 17.5 Å². The van der Waals surface area contributed by atoms with Crippen molar-refractivity contribution < 1.29 is 8.78 Å². The van der Waals surface area contributed by atoms with Crippen molar-refractivity contribution in [2.24, 2.45) is 0 Å². The lowest BCUT2D eigenvalue weighted by molar-refractivity contribution is 0.572. The summed E-state index contributed by atoms with van der Waals surface area (Å²) in [5, 5.41) is 8.95. The molecular weight excluding hydrogens is 296 g/mol. The van der Waals surface area contributed by atoms with Crippen molar-refractivity contribution in [1.82, 2.24) is 9.55 Å². The zero-order valence-corrected chi connectivity index (χ0v) is 12.2. The standard InChI is InChI=1S/C18H13F2N3/c19-16-5-4-15(17(20)10-16)9-18-22-6-7-23(18)12-14-3-1-2-13(8-14)11-21/h1-8,10H,9,12H2. The Hall–Kier alpha value is -3.00. The van der Waals surface area contributed by atoms with Gasteiger partial charge in [0.2, 0.25) is 0 Å². The Kier molecular flexibility index (Phi) is 4.15. The number of halogens is 2. The van der Waals surface area contributed by atoms with E-state index in [1.54, 1.807) is 18.5 Å². The molecule has 5 heteroatoms. The van der Waals surface area contributed by atoms with Gasteiger partial charge in [-0.2, -0.15) is 5.26 Å². The molecule has 0 saturated carbocycles. The molecule has 0 aliphatic rings. The number of nitrogens with zero attached hydrogens (tertiary/aromatic N) is 3. The van der Waals surface area contributed by atoms with Crippen LogP contribution in [0.4, 0.5) is 8.78 Å². The summed E-state index contributed by atoms with van der Waals surface area (Å²) in [7, 11) is 0. The molecular formula is C18H13F2N3. The molecule has 3 nitrogen and oxygen atoms in total. The molecule has 0 spiro atoms. The molecule has 0 atom stereocenters. The fourth-order valence-electron chi connectivity index (χ4n) is 2.42. The molecule has 0 aliphatic carbocycles. The van der Waals surface area contributed by atoms with Crippen molar-refractivity contribution in [2.45, 2.75) is 13.0 Å². The lowest BCUT2D eigenvalue weighted by atomic mass is 10.1. The van der Waals surface area contributed by atoms with E-state index >= 15 is 0 Å². The minimum atomic E-state index is -0.595. The van der Waals surface area contributed by atoms with Crippen LogP contribution in [0, 0.1) is 23.0 Å². The molecule has 23 heavy (non-hydrogen) atoms. The summed E-state index contributed by atoms with van der Waals surface area (Å²) in [6, 6.07) is 12.9. The van der Waals surface area contributed by atoms with Crippen molar-refractivity contribution in [1.29, 1.82) is 5.26 Å². The van der Waals surface area contributed by atoms with Crippen LogP contribution in [0.5, 0.6) is 0 Å². The van der Waals surface area contributed by atoms with Gasteiger partial charge in [0, 0.05) is 31.4 Å². The molecule has 3 aromatic rings. The van der Waals surface area contributed by atoms with E-state index < -0.39 is 11.6 Å². The van der Waals surface area contributed by atoms with Gasteiger partial charge in [-0.25, -0.2) is 13.8 Å². The van der Waals surface area contributed by atoms with E-state index in [0.29, 0.717) is 23.5 Å². The highest BCUT2D eigenvalue weighted by atomic mass is 19.1. The summed E-state index contributed by atoms with van der Waals surface area (Å²) in [4.78, 5) is 4.25. The largest absolute Gasteiger partial charge is 0.330 e. The third-order valence-electron chi connectivity index (χ3n) is 3.57. The Labute approximate surface area is 132 Å². The second-order valence-electron chi connectivity index (χ2n) is 5.20. The highest BCUT2D eigenvalue weighted by Gasteiger charge is 2.09. The van der Waals surface area contributed by atoms with Crippen LogP contribution in [0.3, 0.4) is 0 Å². The van der Waals surface area contributed by atoms with Gasteiger partial charge in [0.15, 0.2) is 0 Å². The van der Waals surface area contributed by atoms with Gasteiger partial charge in [-0.1, -0.05) is 18.2 Å². The first-order valence-electron chi connectivity index (χ1n) is 7.08. The van der Waals surface area contributed by atoms with Crippen molar-refractivity contribution in [3.05, 3.63) is 89.0 Å². The molecule has 3 rings (SSSR count). The van der Waals surface area contributed by atoms with Crippen LogP contribution in [0.15, 0.2) is 54.9 Å². The van der Waals surface area contributed by atoms with Gasteiger partial charge in [-0.15, -0.1) is 0 Å². The van der Waals surface area contributed by atoms with Crippen LogP contribution in [0.2, 0.25) is 0 Å². The van der Waals surface area contributed by atoms with Gasteiger partial charge in [-0.05, 0) is 29.3 Å². The second-order valence-corrected chi connectivity index (χ2v) is 5.20. The first kappa shape index (κ1) is 14.9. The van der Waals surface area contributed by atoms with Crippen LogP contribution in [-0.4, -0.2) is 9.55 Å². The van der Waals surface area contributed by atoms with Crippen LogP contribution >= 0.6 is 0 Å². The fourth-order valence-corrected chi connectivity index (χ4v) is 2.42. The number of aromatic nitrogens is 2. The van der Waals surface area contributed by atoms with Crippen molar-refractivity contribution in [3.63, 3.8) is 0 Å². The van der Waals surface area contributed by atoms with E-state index in [4.69, 9.17) is 5.26 Å². The fraction of sp³-hybridized carbons (Fsp3) is 0.111. The predicted octanol–water partition coefficient (Wildman–Crippen LogP) is 3.67. The highest BCUT2D eigenvalue weighted by molar-refractivity contribution is 5.33. The van der Waals surface area contributed by atoms with E-state index in [2.05, 4.69) is 11.1 Å². The SMILES string of the molecule is N#Cc1cccc(Cn2ccnc2Cc2ccc(F)cc2F)c1. The molecule has 0 saturated heterocycles. The van der Waals surface area contributed by atoms with E-state index in [-0.39, 0.29) is 6.42 Å². The normalized spacial score (nSPS) is 10.5. The van der Waals surface area contributed by atoms with Gasteiger partial charge in [0.05, 0.1) is 11.6 Å². The van der Waals surface area contributed by atoms with Crippen LogP contribution in [-0.2, 0) is 13.0 Å². The third-order valence-corrected chi connectivity index (χ3v) is 3.57. The monoisotopic (exact) mass is 309 g/mol. The first-order valence-corrected chi connectivity index (χ1v) is 7.08. The molecule has 2 aromatic carbocycles. The number of nitriles is 1. The van der Waals surface area contributed by atoms with Crippen LogP contribution < -0.4 is 0 Å². The van der Waals surface area contributed by atoms with E-state index in [0.717, 1.165) is 11.6 Å². The summed E-state index contributed by atoms with van der Waals surface area (Å²) in [6.07, 6.45) is 3.72. The Balaban J connectivity index is 1.83. The second kappa shape index (κ2) is 6.41. The topological polar surface area (TPSA) is 41.6 Å². The van der Waals surface area contributed by atoms with Gasteiger partial charge < -0.3 is 4.57 Å². The van der Waals surface area contributed by atoms with Crippen molar-refractivity contribution in [3.8, 4) is 6.07 Å². The average Bonchev–Trinajstić information content (AvgIpc) is 2.97. The molecule has 0 radical (unpaired) electrons. The Morgan fingerprint density at radius 1 is 1.13 bits per heavy atom. The van der Waals surface area contributed by atoms with Gasteiger partial charge in [-0.3, -0.25) is 0 Å². The number of rotatable bonds is 4. The van der Waals surface area contributed by atoms with E-state index in [1.807, 2.05) is 22.8 Å². The summed E-state index contributed by atoms with van der Waals surface area (Å²) in [6.45, 7) is 0.535. The molecule has 0 amide bonds. The number of benzene rings is 2. The van der Waals surface area contributed by atoms with Crippen molar-refractivity contribution >= 4 is 0 Å². The Morgan fingerprint density at radius 3 is 2.78 bits per heavy atom. The molecule has 0 fully saturated rings. The van der Waals surface area contributed by atoms with Crippen LogP contribution in [0.25, 0.3) is 0 Å². The number of hydrogen-bond acceptors (Lipinski definition) is 2. The van der Waals surface area contributed by atoms with Crippen molar-refractivity contribution in [2.75, 3.05) is 0 Å². The van der Waals surface area contributed by atoms with Gasteiger partial charge in [0.25, 0.3) is 0 Å². The molecule has 114 valence electrons. The highest BCUT2D eigenvalue weighted by Crippen LogP contribution is 2.15. The number of hydrogen-bond donors (Lipinski definition) is 0. The number of imidazole rings is 1. The van der Waals surface area contributed by atoms with Gasteiger partial charge >= 0.3 is 0 Å². The van der Waals surface area contributed by atoms with E-state index in [1.165, 1.54) is 12.1 Å². The molecule has 0 aliphatic heterocycles. The maximum absolute atomic E-state index is 13.8. The maximum Gasteiger partial charge on any atom is 0.129 e. The Bertz CT molecular complexity index is 878. The summed E-state index contributed by atoms with van der Waals surface area (Å²) >= 11 is 0. The molecule has 1 aromatic heterocycles. The maximum atomic E-state index is 13.8. The summed E-state index contributed by atoms with van der Waals surface area (Å²) in [5.74, 6) is -0.494. The molecule has 0 unspecified atom stereocenters. The van der Waals surface area contributed by atoms with E-state index in [9.17, 15) is 8.78 Å². The quantitative estimate of drug-likeness (QED) is 0.738. The summed E-state index contributed by atoms with van der Waals surface area (Å²) < 4.78 is 28.7.